The molecule has 0 spiro atoms. The summed E-state index contributed by atoms with van der Waals surface area (Å²) in [5.74, 6) is 0.655. The van der Waals surface area contributed by atoms with Gasteiger partial charge in [0.25, 0.3) is 5.56 Å². The molecule has 208 valence electrons. The molecular formula is C30H23BrN2O7S. The SMILES string of the molecule is CCOC(=O)C1=C(c2ccccc2)N=c2s/c(=C/c3cc(Br)cc(OC)c3O)c(=O)n2[C@H]1c1ccc2c(c1)OCO2. The first-order valence-electron chi connectivity index (χ1n) is 12.6. The third kappa shape index (κ3) is 4.81. The summed E-state index contributed by atoms with van der Waals surface area (Å²) in [6, 6.07) is 17.1. The third-order valence-corrected chi connectivity index (χ3v) is 8.10. The summed E-state index contributed by atoms with van der Waals surface area (Å²) in [6.07, 6.45) is 1.58. The first-order chi connectivity index (χ1) is 19.9. The highest BCUT2D eigenvalue weighted by Crippen LogP contribution is 2.40. The van der Waals surface area contributed by atoms with Crippen LogP contribution in [0.2, 0.25) is 0 Å². The number of phenolic OH excluding ortho intramolecular Hbond substituents is 1. The Labute approximate surface area is 246 Å². The van der Waals surface area contributed by atoms with Crippen molar-refractivity contribution in [2.45, 2.75) is 13.0 Å². The number of hydrogen-bond donors (Lipinski definition) is 1. The van der Waals surface area contributed by atoms with Crippen LogP contribution in [0.25, 0.3) is 11.8 Å². The Kier molecular flexibility index (Phi) is 7.14. The number of methoxy groups -OCH3 is 1. The number of carbonyl (C=O) groups excluding carboxylic acids is 1. The number of esters is 1. The van der Waals surface area contributed by atoms with Gasteiger partial charge in [-0.25, -0.2) is 9.79 Å². The van der Waals surface area contributed by atoms with E-state index < -0.39 is 12.0 Å². The van der Waals surface area contributed by atoms with Gasteiger partial charge in [0.15, 0.2) is 27.8 Å². The standard InChI is InChI=1S/C30H23BrN2O7S/c1-3-38-29(36)24-25(16-7-5-4-6-8-16)32-30-33(26(24)17-9-10-20-21(12-17)40-15-39-20)28(35)23(41-30)13-18-11-19(31)14-22(37-2)27(18)34/h4-14,26,34H,3,15H2,1-2H3/b23-13+/t26-/m0/s1. The highest BCUT2D eigenvalue weighted by atomic mass is 79.9. The monoisotopic (exact) mass is 634 g/mol. The molecule has 0 saturated heterocycles. The van der Waals surface area contributed by atoms with Gasteiger partial charge in [-0.3, -0.25) is 9.36 Å². The number of ether oxygens (including phenoxy) is 4. The molecule has 0 bridgehead atoms. The van der Waals surface area contributed by atoms with Gasteiger partial charge in [0, 0.05) is 15.6 Å². The van der Waals surface area contributed by atoms with Crippen molar-refractivity contribution in [3.63, 3.8) is 0 Å². The predicted molar refractivity (Wildman–Crippen MR) is 156 cm³/mol. The van der Waals surface area contributed by atoms with E-state index in [2.05, 4.69) is 15.9 Å². The molecule has 0 fully saturated rings. The number of halogens is 1. The van der Waals surface area contributed by atoms with Crippen molar-refractivity contribution in [1.82, 2.24) is 4.57 Å². The zero-order valence-electron chi connectivity index (χ0n) is 21.9. The molecule has 2 aliphatic heterocycles. The molecule has 2 aliphatic rings. The van der Waals surface area contributed by atoms with E-state index in [-0.39, 0.29) is 36.0 Å². The van der Waals surface area contributed by atoms with Gasteiger partial charge in [0.1, 0.15) is 0 Å². The molecule has 3 aromatic carbocycles. The molecule has 11 heteroatoms. The molecule has 1 atom stereocenters. The van der Waals surface area contributed by atoms with Crippen LogP contribution in [0.3, 0.4) is 0 Å². The fourth-order valence-electron chi connectivity index (χ4n) is 4.84. The Morgan fingerprint density at radius 2 is 1.95 bits per heavy atom. The lowest BCUT2D eigenvalue weighted by Gasteiger charge is -2.26. The summed E-state index contributed by atoms with van der Waals surface area (Å²) in [6.45, 7) is 1.95. The maximum atomic E-state index is 14.1. The van der Waals surface area contributed by atoms with Crippen LogP contribution in [0.15, 0.2) is 80.5 Å². The second-order valence-electron chi connectivity index (χ2n) is 9.09. The second kappa shape index (κ2) is 10.9. The van der Waals surface area contributed by atoms with E-state index >= 15 is 0 Å². The number of fused-ring (bicyclic) bond motifs is 2. The summed E-state index contributed by atoms with van der Waals surface area (Å²) in [7, 11) is 1.45. The van der Waals surface area contributed by atoms with E-state index in [0.29, 0.717) is 47.7 Å². The highest BCUT2D eigenvalue weighted by molar-refractivity contribution is 9.10. The first kappa shape index (κ1) is 26.9. The minimum atomic E-state index is -0.872. The Morgan fingerprint density at radius 1 is 1.17 bits per heavy atom. The molecule has 1 N–H and O–H groups in total. The van der Waals surface area contributed by atoms with Crippen LogP contribution in [-0.2, 0) is 9.53 Å². The zero-order chi connectivity index (χ0) is 28.7. The molecule has 3 heterocycles. The van der Waals surface area contributed by atoms with Gasteiger partial charge in [0.2, 0.25) is 6.79 Å². The van der Waals surface area contributed by atoms with Crippen LogP contribution < -0.4 is 29.1 Å². The van der Waals surface area contributed by atoms with Crippen molar-refractivity contribution >= 4 is 45.0 Å². The number of phenols is 1. The second-order valence-corrected chi connectivity index (χ2v) is 11.0. The minimum Gasteiger partial charge on any atom is -0.504 e. The summed E-state index contributed by atoms with van der Waals surface area (Å²) < 4.78 is 24.4. The van der Waals surface area contributed by atoms with Gasteiger partial charge in [0.05, 0.1) is 35.6 Å². The van der Waals surface area contributed by atoms with Crippen molar-refractivity contribution in [1.29, 1.82) is 0 Å². The number of aromatic nitrogens is 1. The predicted octanol–water partition coefficient (Wildman–Crippen LogP) is 4.14. The van der Waals surface area contributed by atoms with Gasteiger partial charge in [-0.1, -0.05) is 63.7 Å². The minimum absolute atomic E-state index is 0.0803. The van der Waals surface area contributed by atoms with Crippen molar-refractivity contribution in [3.8, 4) is 23.0 Å². The fourth-order valence-corrected chi connectivity index (χ4v) is 6.29. The van der Waals surface area contributed by atoms with Crippen molar-refractivity contribution < 1.29 is 28.8 Å². The van der Waals surface area contributed by atoms with E-state index in [1.165, 1.54) is 11.7 Å². The summed E-state index contributed by atoms with van der Waals surface area (Å²) in [4.78, 5) is 32.9. The van der Waals surface area contributed by atoms with Crippen LogP contribution in [0, 0.1) is 0 Å². The average Bonchev–Trinajstić information content (AvgIpc) is 3.58. The topological polar surface area (TPSA) is 109 Å². The Morgan fingerprint density at radius 3 is 2.71 bits per heavy atom. The van der Waals surface area contributed by atoms with E-state index in [9.17, 15) is 14.7 Å². The van der Waals surface area contributed by atoms with Gasteiger partial charge < -0.3 is 24.1 Å². The molecular weight excluding hydrogens is 612 g/mol. The molecule has 0 radical (unpaired) electrons. The van der Waals surface area contributed by atoms with Gasteiger partial charge >= 0.3 is 5.97 Å². The fraction of sp³-hybridized carbons (Fsp3) is 0.167. The molecule has 0 aliphatic carbocycles. The lowest BCUT2D eigenvalue weighted by Crippen LogP contribution is -2.40. The molecule has 9 nitrogen and oxygen atoms in total. The normalized spacial score (nSPS) is 15.9. The zero-order valence-corrected chi connectivity index (χ0v) is 24.3. The third-order valence-electron chi connectivity index (χ3n) is 6.66. The van der Waals surface area contributed by atoms with Crippen LogP contribution in [0.4, 0.5) is 0 Å². The van der Waals surface area contributed by atoms with Crippen LogP contribution >= 0.6 is 27.3 Å². The Balaban J connectivity index is 1.65. The van der Waals surface area contributed by atoms with Crippen LogP contribution in [-0.4, -0.2) is 36.2 Å². The smallest absolute Gasteiger partial charge is 0.338 e. The molecule has 41 heavy (non-hydrogen) atoms. The van der Waals surface area contributed by atoms with Crippen molar-refractivity contribution in [3.05, 3.63) is 107 Å². The maximum absolute atomic E-state index is 14.1. The lowest BCUT2D eigenvalue weighted by molar-refractivity contribution is -0.138. The Bertz CT molecular complexity index is 1900. The van der Waals surface area contributed by atoms with E-state index in [1.807, 2.05) is 30.3 Å². The molecule has 0 amide bonds. The number of hydrogen-bond acceptors (Lipinski definition) is 9. The summed E-state index contributed by atoms with van der Waals surface area (Å²) in [5, 5.41) is 10.8. The molecule has 0 unspecified atom stereocenters. The van der Waals surface area contributed by atoms with E-state index in [1.54, 1.807) is 43.3 Å². The molecule has 6 rings (SSSR count). The molecule has 0 saturated carbocycles. The molecule has 4 aromatic rings. The summed E-state index contributed by atoms with van der Waals surface area (Å²) >= 11 is 4.58. The first-order valence-corrected chi connectivity index (χ1v) is 14.2. The number of benzene rings is 3. The van der Waals surface area contributed by atoms with Crippen molar-refractivity contribution in [2.24, 2.45) is 4.99 Å². The number of thiazole rings is 1. The van der Waals surface area contributed by atoms with Crippen molar-refractivity contribution in [2.75, 3.05) is 20.5 Å². The van der Waals surface area contributed by atoms with E-state index in [0.717, 1.165) is 11.3 Å². The largest absolute Gasteiger partial charge is 0.504 e. The summed E-state index contributed by atoms with van der Waals surface area (Å²) in [5.41, 5.74) is 1.96. The number of carbonyl (C=O) groups is 1. The van der Waals surface area contributed by atoms with Crippen LogP contribution in [0.5, 0.6) is 23.0 Å². The van der Waals surface area contributed by atoms with E-state index in [4.69, 9.17) is 23.9 Å². The molecule has 1 aromatic heterocycles. The van der Waals surface area contributed by atoms with Gasteiger partial charge in [-0.05, 0) is 42.8 Å². The average molecular weight is 635 g/mol. The number of rotatable bonds is 6. The number of nitrogens with zero attached hydrogens (tertiary/aromatic N) is 2. The number of aromatic hydroxyl groups is 1. The van der Waals surface area contributed by atoms with Gasteiger partial charge in [-0.2, -0.15) is 0 Å². The van der Waals surface area contributed by atoms with Crippen LogP contribution in [0.1, 0.15) is 29.7 Å². The maximum Gasteiger partial charge on any atom is 0.338 e. The highest BCUT2D eigenvalue weighted by Gasteiger charge is 2.36. The van der Waals surface area contributed by atoms with Gasteiger partial charge in [-0.15, -0.1) is 0 Å². The lowest BCUT2D eigenvalue weighted by atomic mass is 9.93. The quantitative estimate of drug-likeness (QED) is 0.318. The Hall–Kier alpha value is -4.35.